The fourth-order valence-electron chi connectivity index (χ4n) is 2.71. The molecule has 1 saturated heterocycles. The highest BCUT2D eigenvalue weighted by atomic mass is 32.2. The maximum atomic E-state index is 12.7. The zero-order chi connectivity index (χ0) is 17.7. The molecule has 1 aliphatic carbocycles. The molecule has 22 heavy (non-hydrogen) atoms. The Bertz CT molecular complexity index is 538. The summed E-state index contributed by atoms with van der Waals surface area (Å²) < 4.78 is 152. The molecule has 0 amide bonds. The lowest BCUT2D eigenvalue weighted by molar-refractivity contribution is -0.233. The second-order valence-corrected chi connectivity index (χ2v) is 6.13. The second-order valence-electron chi connectivity index (χ2n) is 4.37. The van der Waals surface area contributed by atoms with Gasteiger partial charge in [-0.05, 0) is 0 Å². The van der Waals surface area contributed by atoms with Gasteiger partial charge in [-0.1, -0.05) is 0 Å². The minimum atomic E-state index is -6.42. The fourth-order valence-corrected chi connectivity index (χ4v) is 5.08. The molecule has 2 aliphatic rings. The molecule has 1 fully saturated rings. The van der Waals surface area contributed by atoms with Crippen molar-refractivity contribution in [3.8, 4) is 0 Å². The molecule has 0 bridgehead atoms. The fraction of sp³-hybridized carbons (Fsp3) is 0.750. The Morgan fingerprint density at radius 3 is 0.955 bits per heavy atom. The molecule has 0 aromatic rings. The first-order valence-electron chi connectivity index (χ1n) is 4.84. The molecule has 14 heteroatoms. The summed E-state index contributed by atoms with van der Waals surface area (Å²) in [6.45, 7) is 0. The Balaban J connectivity index is 2.91. The largest absolute Gasteiger partial charge is 0.414 e. The van der Waals surface area contributed by atoms with E-state index in [4.69, 9.17) is 0 Å². The number of fused-ring (bicyclic) bond motifs is 1. The predicted molar refractivity (Wildman–Crippen MR) is 44.9 cm³/mol. The average molecular weight is 372 g/mol. The summed E-state index contributed by atoms with van der Waals surface area (Å²) in [7, 11) is -4.51. The van der Waals surface area contributed by atoms with Gasteiger partial charge in [-0.2, -0.15) is 52.7 Å². The van der Waals surface area contributed by atoms with Crippen molar-refractivity contribution < 1.29 is 56.9 Å². The summed E-state index contributed by atoms with van der Waals surface area (Å²) in [4.78, 5) is 0. The monoisotopic (exact) mass is 372 g/mol. The molecule has 1 nitrogen and oxygen atoms in total. The third kappa shape index (κ3) is 1.51. The molecule has 128 valence electrons. The van der Waals surface area contributed by atoms with E-state index in [1.165, 1.54) is 0 Å². The van der Waals surface area contributed by atoms with E-state index in [0.717, 1.165) is 0 Å². The van der Waals surface area contributed by atoms with Crippen molar-refractivity contribution in [1.82, 2.24) is 0 Å². The molecule has 0 radical (unpaired) electrons. The van der Waals surface area contributed by atoms with Gasteiger partial charge in [-0.3, -0.25) is 4.21 Å². The summed E-state index contributed by atoms with van der Waals surface area (Å²) >= 11 is 0. The number of halogens is 12. The third-order valence-electron chi connectivity index (χ3n) is 3.33. The van der Waals surface area contributed by atoms with E-state index < -0.39 is 56.1 Å². The van der Waals surface area contributed by atoms with Crippen LogP contribution in [0.4, 0.5) is 52.7 Å². The molecule has 0 aromatic heterocycles. The van der Waals surface area contributed by atoms with Gasteiger partial charge in [0.2, 0.25) is 9.49 Å². The topological polar surface area (TPSA) is 17.1 Å². The van der Waals surface area contributed by atoms with Crippen molar-refractivity contribution in [3.63, 3.8) is 0 Å². The van der Waals surface area contributed by atoms with Gasteiger partial charge >= 0.3 is 24.7 Å². The zero-order valence-electron chi connectivity index (χ0n) is 9.35. The van der Waals surface area contributed by atoms with Crippen molar-refractivity contribution >= 4 is 10.8 Å². The molecule has 1 unspecified atom stereocenters. The normalized spacial score (nSPS) is 36.1. The van der Waals surface area contributed by atoms with E-state index in [2.05, 4.69) is 0 Å². The minimum absolute atomic E-state index is 3.49. The van der Waals surface area contributed by atoms with Crippen LogP contribution in [0.25, 0.3) is 0 Å². The summed E-state index contributed by atoms with van der Waals surface area (Å²) in [5, 5.41) is 0. The van der Waals surface area contributed by atoms with Gasteiger partial charge in [0, 0.05) is 0 Å². The van der Waals surface area contributed by atoms with Crippen LogP contribution in [0.1, 0.15) is 0 Å². The first-order valence-corrected chi connectivity index (χ1v) is 5.99. The summed E-state index contributed by atoms with van der Waals surface area (Å²) in [5.41, 5.74) is -6.98. The van der Waals surface area contributed by atoms with Gasteiger partial charge in [0.05, 0.1) is 21.9 Å². The Morgan fingerprint density at radius 1 is 0.591 bits per heavy atom. The van der Waals surface area contributed by atoms with Crippen LogP contribution in [0, 0.1) is 0 Å². The molecular weight excluding hydrogens is 372 g/mol. The first-order chi connectivity index (χ1) is 9.39. The van der Waals surface area contributed by atoms with Crippen LogP contribution in [0.15, 0.2) is 11.1 Å². The highest BCUT2D eigenvalue weighted by molar-refractivity contribution is 7.97. The summed E-state index contributed by atoms with van der Waals surface area (Å²) in [6.07, 6.45) is -25.6. The number of hydrogen-bond acceptors (Lipinski definition) is 1. The average Bonchev–Trinajstić information content (AvgIpc) is 2.49. The quantitative estimate of drug-likeness (QED) is 0.359. The van der Waals surface area contributed by atoms with Crippen molar-refractivity contribution in [2.75, 3.05) is 0 Å². The van der Waals surface area contributed by atoms with E-state index in [9.17, 15) is 56.9 Å². The lowest BCUT2D eigenvalue weighted by Crippen LogP contribution is -2.62. The van der Waals surface area contributed by atoms with Gasteiger partial charge < -0.3 is 0 Å². The predicted octanol–water partition coefficient (Wildman–Crippen LogP) is 3.79. The Hall–Kier alpha value is -0.950. The molecule has 0 N–H and O–H groups in total. The zero-order valence-corrected chi connectivity index (χ0v) is 10.2. The lowest BCUT2D eigenvalue weighted by atomic mass is 9.66. The van der Waals surface area contributed by atoms with Crippen LogP contribution in [0.2, 0.25) is 0 Å². The van der Waals surface area contributed by atoms with Gasteiger partial charge in [-0.25, -0.2) is 0 Å². The Morgan fingerprint density at radius 2 is 0.818 bits per heavy atom. The van der Waals surface area contributed by atoms with Crippen LogP contribution >= 0.6 is 0 Å². The molecule has 0 spiro atoms. The highest BCUT2D eigenvalue weighted by Gasteiger charge is 3.08. The van der Waals surface area contributed by atoms with Gasteiger partial charge in [0.15, 0.2) is 0 Å². The van der Waals surface area contributed by atoms with Crippen LogP contribution in [0.5, 0.6) is 0 Å². The van der Waals surface area contributed by atoms with E-state index in [1.807, 2.05) is 0 Å². The Kier molecular flexibility index (Phi) is 2.97. The molecule has 3 atom stereocenters. The van der Waals surface area contributed by atoms with Crippen molar-refractivity contribution in [1.29, 1.82) is 0 Å². The SMILES string of the molecule is O=S1[C@]2(C(F)(F)F)C(C(F)(F)F)=C(C(F)(F)F)[C@]12C(F)(F)F. The maximum absolute atomic E-state index is 12.7. The van der Waals surface area contributed by atoms with Gasteiger partial charge in [-0.15, -0.1) is 0 Å². The number of alkyl halides is 12. The lowest BCUT2D eigenvalue weighted by Gasteiger charge is -2.40. The molecule has 2 rings (SSSR count). The van der Waals surface area contributed by atoms with E-state index >= 15 is 0 Å². The maximum Gasteiger partial charge on any atom is 0.414 e. The van der Waals surface area contributed by atoms with Crippen molar-refractivity contribution in [3.05, 3.63) is 11.1 Å². The van der Waals surface area contributed by atoms with Crippen LogP contribution in [-0.2, 0) is 10.8 Å². The second kappa shape index (κ2) is 3.75. The van der Waals surface area contributed by atoms with E-state index in [0.29, 0.717) is 0 Å². The molecule has 1 heterocycles. The van der Waals surface area contributed by atoms with Crippen molar-refractivity contribution in [2.45, 2.75) is 34.2 Å². The number of rotatable bonds is 0. The van der Waals surface area contributed by atoms with Gasteiger partial charge in [0.1, 0.15) is 0 Å². The van der Waals surface area contributed by atoms with Crippen LogP contribution in [0.3, 0.4) is 0 Å². The van der Waals surface area contributed by atoms with Gasteiger partial charge in [0.25, 0.3) is 0 Å². The smallest absolute Gasteiger partial charge is 0.257 e. The first kappa shape index (κ1) is 17.4. The van der Waals surface area contributed by atoms with Crippen molar-refractivity contribution in [2.24, 2.45) is 0 Å². The highest BCUT2D eigenvalue weighted by Crippen LogP contribution is 2.83. The van der Waals surface area contributed by atoms with Crippen LogP contribution < -0.4 is 0 Å². The summed E-state index contributed by atoms with van der Waals surface area (Å²) in [6, 6.07) is 0. The van der Waals surface area contributed by atoms with E-state index in [1.54, 1.807) is 0 Å². The molecule has 1 aliphatic heterocycles. The molecule has 0 saturated carbocycles. The molecular formula is C8F12OS. The minimum Gasteiger partial charge on any atom is -0.257 e. The van der Waals surface area contributed by atoms with Crippen LogP contribution in [-0.4, -0.2) is 38.4 Å². The van der Waals surface area contributed by atoms with E-state index in [-0.39, 0.29) is 0 Å². The third-order valence-corrected chi connectivity index (χ3v) is 5.72. The number of hydrogen-bond donors (Lipinski definition) is 0. The summed E-state index contributed by atoms with van der Waals surface area (Å²) in [5.74, 6) is 0. The molecule has 0 aromatic carbocycles. The standard InChI is InChI=1S/C8F12OS/c9-5(10,11)1-2(6(12,13)14)4(8(18,19)20)3(1,22(4)21)7(15,16)17/t3-,4+,22?. The Labute approximate surface area is 114 Å².